The molecule has 2 fully saturated rings. The summed E-state index contributed by atoms with van der Waals surface area (Å²) in [6, 6.07) is 5.59. The molecule has 2 heterocycles. The van der Waals surface area contributed by atoms with Crippen molar-refractivity contribution < 1.29 is 19.1 Å². The smallest absolute Gasteiger partial charge is 0.254 e. The van der Waals surface area contributed by atoms with Crippen molar-refractivity contribution in [1.82, 2.24) is 15.5 Å². The summed E-state index contributed by atoms with van der Waals surface area (Å²) >= 11 is 0. The zero-order valence-corrected chi connectivity index (χ0v) is 16.1. The van der Waals surface area contributed by atoms with E-state index in [1.807, 2.05) is 0 Å². The number of nitrogens with one attached hydrogen (secondary N) is 2. The summed E-state index contributed by atoms with van der Waals surface area (Å²) < 4.78 is 10.5. The fraction of sp³-hybridized carbons (Fsp3) is 0.600. The van der Waals surface area contributed by atoms with Crippen LogP contribution in [0.1, 0.15) is 36.0 Å². The Labute approximate surface area is 160 Å². The fourth-order valence-corrected chi connectivity index (χ4v) is 3.76. The van der Waals surface area contributed by atoms with Gasteiger partial charge in [0.1, 0.15) is 11.5 Å². The van der Waals surface area contributed by atoms with Gasteiger partial charge in [0.2, 0.25) is 5.91 Å². The third-order valence-electron chi connectivity index (χ3n) is 5.44. The molecule has 1 atom stereocenters. The predicted molar refractivity (Wildman–Crippen MR) is 102 cm³/mol. The number of hydrogen-bond acceptors (Lipinski definition) is 5. The van der Waals surface area contributed by atoms with Crippen molar-refractivity contribution in [3.63, 3.8) is 0 Å². The normalized spacial score (nSPS) is 20.4. The second-order valence-corrected chi connectivity index (χ2v) is 7.21. The van der Waals surface area contributed by atoms with Crippen molar-refractivity contribution in [1.29, 1.82) is 0 Å². The van der Waals surface area contributed by atoms with Crippen molar-refractivity contribution in [3.8, 4) is 11.5 Å². The summed E-state index contributed by atoms with van der Waals surface area (Å²) in [4.78, 5) is 27.0. The molecule has 148 valence electrons. The molecule has 0 aromatic heterocycles. The van der Waals surface area contributed by atoms with Crippen LogP contribution in [0.5, 0.6) is 11.5 Å². The zero-order chi connectivity index (χ0) is 19.2. The number of amides is 2. The quantitative estimate of drug-likeness (QED) is 0.786. The average molecular weight is 375 g/mol. The molecule has 2 aliphatic heterocycles. The highest BCUT2D eigenvalue weighted by Crippen LogP contribution is 2.25. The Kier molecular flexibility index (Phi) is 6.55. The summed E-state index contributed by atoms with van der Waals surface area (Å²) in [5.41, 5.74) is 0.543. The Bertz CT molecular complexity index is 643. The molecule has 2 amide bonds. The Morgan fingerprint density at radius 3 is 2.33 bits per heavy atom. The lowest BCUT2D eigenvalue weighted by Gasteiger charge is -2.31. The summed E-state index contributed by atoms with van der Waals surface area (Å²) in [5.74, 6) is 1.22. The minimum atomic E-state index is -0.0544. The zero-order valence-electron chi connectivity index (χ0n) is 16.1. The summed E-state index contributed by atoms with van der Waals surface area (Å²) in [6.07, 6.45) is 3.68. The van der Waals surface area contributed by atoms with Crippen molar-refractivity contribution in [3.05, 3.63) is 23.8 Å². The van der Waals surface area contributed by atoms with Gasteiger partial charge >= 0.3 is 0 Å². The van der Waals surface area contributed by atoms with Crippen molar-refractivity contribution >= 4 is 11.8 Å². The maximum absolute atomic E-state index is 12.8. The van der Waals surface area contributed by atoms with Crippen molar-refractivity contribution in [2.75, 3.05) is 40.4 Å². The molecular weight excluding hydrogens is 346 g/mol. The van der Waals surface area contributed by atoms with Crippen LogP contribution in [0.25, 0.3) is 0 Å². The second kappa shape index (κ2) is 9.08. The second-order valence-electron chi connectivity index (χ2n) is 7.21. The van der Waals surface area contributed by atoms with E-state index in [4.69, 9.17) is 9.47 Å². The van der Waals surface area contributed by atoms with E-state index in [-0.39, 0.29) is 17.7 Å². The average Bonchev–Trinajstić information content (AvgIpc) is 3.24. The van der Waals surface area contributed by atoms with Crippen LogP contribution in [-0.2, 0) is 4.79 Å². The molecule has 7 nitrogen and oxygen atoms in total. The highest BCUT2D eigenvalue weighted by molar-refractivity contribution is 5.95. The fourth-order valence-electron chi connectivity index (χ4n) is 3.76. The van der Waals surface area contributed by atoms with Gasteiger partial charge in [-0.1, -0.05) is 0 Å². The minimum Gasteiger partial charge on any atom is -0.497 e. The van der Waals surface area contributed by atoms with Gasteiger partial charge < -0.3 is 25.0 Å². The van der Waals surface area contributed by atoms with E-state index in [0.717, 1.165) is 13.0 Å². The van der Waals surface area contributed by atoms with Crippen LogP contribution in [0, 0.1) is 5.92 Å². The molecule has 1 unspecified atom stereocenters. The van der Waals surface area contributed by atoms with E-state index in [9.17, 15) is 9.59 Å². The highest BCUT2D eigenvalue weighted by Gasteiger charge is 2.28. The molecule has 27 heavy (non-hydrogen) atoms. The van der Waals surface area contributed by atoms with Gasteiger partial charge in [-0.3, -0.25) is 9.59 Å². The third-order valence-corrected chi connectivity index (χ3v) is 5.44. The van der Waals surface area contributed by atoms with Crippen LogP contribution >= 0.6 is 0 Å². The number of rotatable bonds is 6. The van der Waals surface area contributed by atoms with Gasteiger partial charge in [-0.2, -0.15) is 0 Å². The number of nitrogens with zero attached hydrogens (tertiary/aromatic N) is 1. The molecule has 0 radical (unpaired) electrons. The molecule has 0 spiro atoms. The van der Waals surface area contributed by atoms with E-state index in [1.165, 1.54) is 6.42 Å². The maximum atomic E-state index is 12.8. The van der Waals surface area contributed by atoms with Crippen LogP contribution in [0.4, 0.5) is 0 Å². The van der Waals surface area contributed by atoms with E-state index < -0.39 is 0 Å². The van der Waals surface area contributed by atoms with Gasteiger partial charge in [-0.25, -0.2) is 0 Å². The van der Waals surface area contributed by atoms with E-state index in [0.29, 0.717) is 55.6 Å². The lowest BCUT2D eigenvalue weighted by molar-refractivity contribution is -0.126. The predicted octanol–water partition coefficient (Wildman–Crippen LogP) is 1.42. The molecule has 1 aromatic carbocycles. The summed E-state index contributed by atoms with van der Waals surface area (Å²) in [6.45, 7) is 2.90. The molecule has 2 saturated heterocycles. The first-order valence-corrected chi connectivity index (χ1v) is 9.64. The van der Waals surface area contributed by atoms with Gasteiger partial charge in [-0.05, 0) is 44.4 Å². The third kappa shape index (κ3) is 4.91. The molecule has 2 N–H and O–H groups in total. The number of ether oxygens (including phenoxy) is 2. The Balaban J connectivity index is 1.52. The monoisotopic (exact) mass is 375 g/mol. The Hall–Kier alpha value is -2.28. The Morgan fingerprint density at radius 1 is 1.11 bits per heavy atom. The van der Waals surface area contributed by atoms with E-state index in [2.05, 4.69) is 10.6 Å². The molecule has 0 saturated carbocycles. The number of carbonyl (C=O) groups excluding carboxylic acids is 2. The van der Waals surface area contributed by atoms with Crippen LogP contribution in [0.15, 0.2) is 18.2 Å². The maximum Gasteiger partial charge on any atom is 0.254 e. The van der Waals surface area contributed by atoms with Gasteiger partial charge in [0.25, 0.3) is 5.91 Å². The molecule has 1 aromatic rings. The highest BCUT2D eigenvalue weighted by atomic mass is 16.5. The lowest BCUT2D eigenvalue weighted by Crippen LogP contribution is -2.45. The SMILES string of the molecule is COc1cc(OC)cc(C(=O)N2CCC(C(=O)NCC3CCCN3)CC2)c1. The lowest BCUT2D eigenvalue weighted by atomic mass is 9.95. The van der Waals surface area contributed by atoms with Gasteiger partial charge in [0, 0.05) is 43.2 Å². The van der Waals surface area contributed by atoms with Gasteiger partial charge in [0.15, 0.2) is 0 Å². The van der Waals surface area contributed by atoms with Crippen molar-refractivity contribution in [2.24, 2.45) is 5.92 Å². The van der Waals surface area contributed by atoms with Crippen LogP contribution < -0.4 is 20.1 Å². The van der Waals surface area contributed by atoms with E-state index >= 15 is 0 Å². The standard InChI is InChI=1S/C20H29N3O4/c1-26-17-10-15(11-18(12-17)27-2)20(25)23-8-5-14(6-9-23)19(24)22-13-16-4-3-7-21-16/h10-12,14,16,21H,3-9,13H2,1-2H3,(H,22,24). The molecule has 2 aliphatic rings. The number of benzene rings is 1. The van der Waals surface area contributed by atoms with Crippen LogP contribution in [0.2, 0.25) is 0 Å². The number of hydrogen-bond donors (Lipinski definition) is 2. The first-order chi connectivity index (χ1) is 13.1. The van der Waals surface area contributed by atoms with Gasteiger partial charge in [-0.15, -0.1) is 0 Å². The molecule has 7 heteroatoms. The molecule has 3 rings (SSSR count). The van der Waals surface area contributed by atoms with Crippen LogP contribution in [0.3, 0.4) is 0 Å². The van der Waals surface area contributed by atoms with E-state index in [1.54, 1.807) is 37.3 Å². The first kappa shape index (κ1) is 19.5. The number of methoxy groups -OCH3 is 2. The summed E-state index contributed by atoms with van der Waals surface area (Å²) in [7, 11) is 3.13. The van der Waals surface area contributed by atoms with Crippen LogP contribution in [-0.4, -0.2) is 63.2 Å². The topological polar surface area (TPSA) is 79.9 Å². The molecule has 0 aliphatic carbocycles. The summed E-state index contributed by atoms with van der Waals surface area (Å²) in [5, 5.41) is 6.45. The minimum absolute atomic E-state index is 0.0182. The first-order valence-electron chi connectivity index (χ1n) is 9.64. The number of piperidine rings is 1. The number of likely N-dealkylation sites (tertiary alicyclic amines) is 1. The van der Waals surface area contributed by atoms with Gasteiger partial charge in [0.05, 0.1) is 14.2 Å². The Morgan fingerprint density at radius 2 is 1.78 bits per heavy atom. The van der Waals surface area contributed by atoms with Crippen molar-refractivity contribution in [2.45, 2.75) is 31.7 Å². The number of carbonyl (C=O) groups is 2. The largest absolute Gasteiger partial charge is 0.497 e. The molecular formula is C20H29N3O4. The molecule has 0 bridgehead atoms.